The summed E-state index contributed by atoms with van der Waals surface area (Å²) in [5.74, 6) is 0.323. The maximum absolute atomic E-state index is 13.7. The highest BCUT2D eigenvalue weighted by atomic mass is 35.5. The van der Waals surface area contributed by atoms with Gasteiger partial charge in [0.1, 0.15) is 5.82 Å². The monoisotopic (exact) mass is 572 g/mol. The first kappa shape index (κ1) is 31.0. The number of halogens is 2. The number of carbonyl (C=O) groups excluding carboxylic acids is 2. The third-order valence-electron chi connectivity index (χ3n) is 7.02. The van der Waals surface area contributed by atoms with Crippen molar-refractivity contribution in [2.75, 3.05) is 38.1 Å². The molecule has 11 heteroatoms. The smallest absolute Gasteiger partial charge is 0.242 e. The van der Waals surface area contributed by atoms with Crippen molar-refractivity contribution in [3.63, 3.8) is 0 Å². The summed E-state index contributed by atoms with van der Waals surface area (Å²) in [7, 11) is 1.77. The molecular formula is C29H38ClFN6O3. The number of carbonyl (C=O) groups is 2. The van der Waals surface area contributed by atoms with Gasteiger partial charge in [-0.3, -0.25) is 9.59 Å². The molecule has 1 unspecified atom stereocenters. The molecule has 216 valence electrons. The standard InChI is InChI=1S/C29H37FN6O3.ClH/c1-18(2)31-10-11-32-27(37)16-36(26-15-22(7-6-19(26)3)29-33-20(4)39-34-29)17-28(38)35(5)25-13-21-8-9-24(30)12-23(21)14-25;/h6-9,12,15,18,25,31H,10-11,13-14,16-17H2,1-5H3,(H,32,37);1H. The SMILES string of the molecule is Cc1nc(-c2ccc(C)c(N(CC(=O)NCCNC(C)C)CC(=O)N(C)C3Cc4ccc(F)cc4C3)c2)no1.Cl. The number of fused-ring (bicyclic) bond motifs is 1. The highest BCUT2D eigenvalue weighted by molar-refractivity contribution is 5.87. The molecule has 2 N–H and O–H groups in total. The van der Waals surface area contributed by atoms with Crippen molar-refractivity contribution in [1.82, 2.24) is 25.7 Å². The first-order valence-electron chi connectivity index (χ1n) is 13.3. The topological polar surface area (TPSA) is 104 Å². The van der Waals surface area contributed by atoms with Gasteiger partial charge in [-0.15, -0.1) is 12.4 Å². The molecule has 2 aromatic carbocycles. The fourth-order valence-corrected chi connectivity index (χ4v) is 4.84. The maximum atomic E-state index is 13.7. The molecule has 2 amide bonds. The minimum atomic E-state index is -0.267. The summed E-state index contributed by atoms with van der Waals surface area (Å²) in [6.07, 6.45) is 1.28. The molecule has 40 heavy (non-hydrogen) atoms. The zero-order valence-electron chi connectivity index (χ0n) is 23.7. The van der Waals surface area contributed by atoms with E-state index in [2.05, 4.69) is 20.8 Å². The van der Waals surface area contributed by atoms with Gasteiger partial charge in [-0.25, -0.2) is 4.39 Å². The van der Waals surface area contributed by atoms with Gasteiger partial charge in [0, 0.05) is 50.4 Å². The van der Waals surface area contributed by atoms with Gasteiger partial charge in [-0.2, -0.15) is 4.98 Å². The average Bonchev–Trinajstić information content (AvgIpc) is 3.51. The second-order valence-electron chi connectivity index (χ2n) is 10.4. The summed E-state index contributed by atoms with van der Waals surface area (Å²) in [4.78, 5) is 34.3. The van der Waals surface area contributed by atoms with Crippen molar-refractivity contribution >= 4 is 29.9 Å². The van der Waals surface area contributed by atoms with Crippen molar-refractivity contribution in [3.8, 4) is 11.4 Å². The highest BCUT2D eigenvalue weighted by Gasteiger charge is 2.29. The number of hydrogen-bond donors (Lipinski definition) is 2. The van der Waals surface area contributed by atoms with E-state index in [-0.39, 0.29) is 49.2 Å². The fourth-order valence-electron chi connectivity index (χ4n) is 4.84. The molecule has 1 heterocycles. The van der Waals surface area contributed by atoms with Crippen LogP contribution in [0.15, 0.2) is 40.9 Å². The van der Waals surface area contributed by atoms with Crippen LogP contribution in [0, 0.1) is 19.7 Å². The van der Waals surface area contributed by atoms with Crippen LogP contribution >= 0.6 is 12.4 Å². The van der Waals surface area contributed by atoms with E-state index < -0.39 is 0 Å². The molecule has 1 aliphatic rings. The van der Waals surface area contributed by atoms with Crippen molar-refractivity contribution < 1.29 is 18.5 Å². The normalized spacial score (nSPS) is 14.0. The molecule has 0 saturated carbocycles. The molecule has 0 spiro atoms. The van der Waals surface area contributed by atoms with Crippen LogP contribution in [0.4, 0.5) is 10.1 Å². The van der Waals surface area contributed by atoms with E-state index in [0.717, 1.165) is 27.9 Å². The molecule has 0 saturated heterocycles. The number of nitrogens with zero attached hydrogens (tertiary/aromatic N) is 4. The Bertz CT molecular complexity index is 1330. The lowest BCUT2D eigenvalue weighted by Gasteiger charge is -2.30. The van der Waals surface area contributed by atoms with Crippen molar-refractivity contribution in [1.29, 1.82) is 0 Å². The van der Waals surface area contributed by atoms with Gasteiger partial charge < -0.3 is 25.0 Å². The zero-order valence-corrected chi connectivity index (χ0v) is 24.5. The number of aryl methyl sites for hydroxylation is 2. The van der Waals surface area contributed by atoms with E-state index in [0.29, 0.717) is 43.7 Å². The molecule has 0 radical (unpaired) electrons. The van der Waals surface area contributed by atoms with E-state index in [9.17, 15) is 14.0 Å². The second kappa shape index (κ2) is 13.7. The number of rotatable bonds is 11. The highest BCUT2D eigenvalue weighted by Crippen LogP contribution is 2.28. The third kappa shape index (κ3) is 7.79. The number of amides is 2. The van der Waals surface area contributed by atoms with Gasteiger partial charge in [-0.1, -0.05) is 37.2 Å². The Morgan fingerprint density at radius 2 is 1.82 bits per heavy atom. The predicted molar refractivity (Wildman–Crippen MR) is 155 cm³/mol. The Morgan fingerprint density at radius 3 is 2.52 bits per heavy atom. The first-order valence-corrected chi connectivity index (χ1v) is 13.3. The van der Waals surface area contributed by atoms with E-state index in [1.165, 1.54) is 6.07 Å². The largest absolute Gasteiger partial charge is 0.353 e. The van der Waals surface area contributed by atoms with Crippen molar-refractivity contribution in [3.05, 3.63) is 64.8 Å². The summed E-state index contributed by atoms with van der Waals surface area (Å²) < 4.78 is 18.9. The molecule has 1 aliphatic carbocycles. The lowest BCUT2D eigenvalue weighted by Crippen LogP contribution is -2.47. The number of anilines is 1. The molecule has 4 rings (SSSR count). The fraction of sp³-hybridized carbons (Fsp3) is 0.448. The van der Waals surface area contributed by atoms with Crippen LogP contribution in [0.3, 0.4) is 0 Å². The lowest BCUT2D eigenvalue weighted by atomic mass is 10.1. The van der Waals surface area contributed by atoms with Gasteiger partial charge in [-0.05, 0) is 54.7 Å². The Kier molecular flexibility index (Phi) is 10.6. The Balaban J connectivity index is 0.00000441. The number of likely N-dealkylation sites (N-methyl/N-ethyl adjacent to an activating group) is 1. The molecule has 9 nitrogen and oxygen atoms in total. The van der Waals surface area contributed by atoms with Crippen molar-refractivity contribution in [2.24, 2.45) is 0 Å². The number of hydrogen-bond acceptors (Lipinski definition) is 7. The predicted octanol–water partition coefficient (Wildman–Crippen LogP) is 3.46. The molecule has 1 atom stereocenters. The molecule has 0 bridgehead atoms. The van der Waals surface area contributed by atoms with Crippen LogP contribution in [0.2, 0.25) is 0 Å². The van der Waals surface area contributed by atoms with E-state index in [1.54, 1.807) is 35.9 Å². The summed E-state index contributed by atoms with van der Waals surface area (Å²) >= 11 is 0. The average molecular weight is 573 g/mol. The summed E-state index contributed by atoms with van der Waals surface area (Å²) in [5, 5.41) is 10.2. The van der Waals surface area contributed by atoms with Crippen molar-refractivity contribution in [2.45, 2.75) is 52.6 Å². The van der Waals surface area contributed by atoms with Gasteiger partial charge in [0.25, 0.3) is 0 Å². The molecule has 0 fully saturated rings. The van der Waals surface area contributed by atoms with Crippen LogP contribution in [0.1, 0.15) is 36.4 Å². The van der Waals surface area contributed by atoms with E-state index >= 15 is 0 Å². The zero-order chi connectivity index (χ0) is 28.1. The van der Waals surface area contributed by atoms with Crippen LogP contribution in [0.5, 0.6) is 0 Å². The minimum absolute atomic E-state index is 0. The Hall–Kier alpha value is -3.50. The van der Waals surface area contributed by atoms with E-state index in [4.69, 9.17) is 4.52 Å². The van der Waals surface area contributed by atoms with Crippen LogP contribution in [-0.4, -0.2) is 72.2 Å². The molecule has 3 aromatic rings. The first-order chi connectivity index (χ1) is 18.6. The Labute approximate surface area is 240 Å². The number of benzene rings is 2. The molecule has 1 aromatic heterocycles. The summed E-state index contributed by atoms with van der Waals surface area (Å²) in [6, 6.07) is 10.8. The second-order valence-corrected chi connectivity index (χ2v) is 10.4. The molecular weight excluding hydrogens is 535 g/mol. The Morgan fingerprint density at radius 1 is 1.07 bits per heavy atom. The summed E-state index contributed by atoms with van der Waals surface area (Å²) in [5.41, 5.74) is 4.38. The lowest BCUT2D eigenvalue weighted by molar-refractivity contribution is -0.130. The van der Waals surface area contributed by atoms with Gasteiger partial charge in [0.15, 0.2) is 0 Å². The van der Waals surface area contributed by atoms with Gasteiger partial charge in [0.2, 0.25) is 23.5 Å². The third-order valence-corrected chi connectivity index (χ3v) is 7.02. The van der Waals surface area contributed by atoms with Crippen LogP contribution in [-0.2, 0) is 22.4 Å². The van der Waals surface area contributed by atoms with Crippen LogP contribution in [0.25, 0.3) is 11.4 Å². The maximum Gasteiger partial charge on any atom is 0.242 e. The number of nitrogens with one attached hydrogen (secondary N) is 2. The van der Waals surface area contributed by atoms with Gasteiger partial charge >= 0.3 is 0 Å². The summed E-state index contributed by atoms with van der Waals surface area (Å²) in [6.45, 7) is 8.90. The van der Waals surface area contributed by atoms with Gasteiger partial charge in [0.05, 0.1) is 13.1 Å². The molecule has 0 aliphatic heterocycles. The number of aromatic nitrogens is 2. The van der Waals surface area contributed by atoms with Crippen LogP contribution < -0.4 is 15.5 Å². The van der Waals surface area contributed by atoms with E-state index in [1.807, 2.05) is 39.0 Å². The minimum Gasteiger partial charge on any atom is -0.353 e. The quantitative estimate of drug-likeness (QED) is 0.339.